The molecule has 0 aliphatic carbocycles. The summed E-state index contributed by atoms with van der Waals surface area (Å²) in [5, 5.41) is 10.9. The molecule has 28 heavy (non-hydrogen) atoms. The van der Waals surface area contributed by atoms with Crippen molar-refractivity contribution in [2.75, 3.05) is 5.73 Å². The summed E-state index contributed by atoms with van der Waals surface area (Å²) < 4.78 is 7.29. The molecule has 150 valence electrons. The average molecular weight is 384 g/mol. The smallest absolute Gasteiger partial charge is 0.338 e. The van der Waals surface area contributed by atoms with Gasteiger partial charge in [0.25, 0.3) is 0 Å². The minimum Gasteiger partial charge on any atom is -0.459 e. The second kappa shape index (κ2) is 7.05. The van der Waals surface area contributed by atoms with Crippen LogP contribution in [0.25, 0.3) is 21.9 Å². The molecule has 2 aromatic heterocycles. The lowest BCUT2D eigenvalue weighted by Crippen LogP contribution is -2.22. The summed E-state index contributed by atoms with van der Waals surface area (Å²) in [6.07, 6.45) is -0.756. The molecule has 0 saturated carbocycles. The van der Waals surface area contributed by atoms with Crippen LogP contribution in [0.5, 0.6) is 0 Å². The summed E-state index contributed by atoms with van der Waals surface area (Å²) in [7, 11) is 0. The minimum absolute atomic E-state index is 0.203. The first-order valence-corrected chi connectivity index (χ1v) is 9.48. The summed E-state index contributed by atoms with van der Waals surface area (Å²) in [4.78, 5) is 21.5. The van der Waals surface area contributed by atoms with E-state index in [4.69, 9.17) is 15.5 Å². The van der Waals surface area contributed by atoms with Gasteiger partial charge in [-0.25, -0.2) is 14.8 Å². The molecule has 7 nitrogen and oxygen atoms in total. The van der Waals surface area contributed by atoms with Crippen LogP contribution >= 0.6 is 0 Å². The Hall–Kier alpha value is -2.67. The van der Waals surface area contributed by atoms with Crippen LogP contribution in [0.2, 0.25) is 0 Å². The fourth-order valence-electron chi connectivity index (χ4n) is 3.34. The largest absolute Gasteiger partial charge is 0.459 e. The van der Waals surface area contributed by atoms with Crippen molar-refractivity contribution >= 4 is 33.7 Å². The molecule has 0 fully saturated rings. The zero-order valence-electron chi connectivity index (χ0n) is 17.3. The number of imidazole rings is 1. The molecule has 1 atom stereocenters. The molecular formula is C21H28N4O3. The Balaban J connectivity index is 2.30. The van der Waals surface area contributed by atoms with Crippen molar-refractivity contribution in [1.29, 1.82) is 0 Å². The van der Waals surface area contributed by atoms with E-state index in [0.717, 1.165) is 16.7 Å². The van der Waals surface area contributed by atoms with Crippen molar-refractivity contribution in [1.82, 2.24) is 14.5 Å². The number of benzene rings is 1. The summed E-state index contributed by atoms with van der Waals surface area (Å²) in [6.45, 7) is 11.9. The van der Waals surface area contributed by atoms with Crippen molar-refractivity contribution in [3.05, 3.63) is 29.6 Å². The molecule has 1 unspecified atom stereocenters. The van der Waals surface area contributed by atoms with Gasteiger partial charge in [-0.3, -0.25) is 0 Å². The van der Waals surface area contributed by atoms with E-state index in [0.29, 0.717) is 29.0 Å². The van der Waals surface area contributed by atoms with Gasteiger partial charge in [-0.15, -0.1) is 0 Å². The highest BCUT2D eigenvalue weighted by Crippen LogP contribution is 2.33. The lowest BCUT2D eigenvalue weighted by atomic mass is 9.95. The molecule has 3 rings (SSSR count). The summed E-state index contributed by atoms with van der Waals surface area (Å²) in [5.41, 5.74) is 8.42. The molecule has 0 saturated heterocycles. The summed E-state index contributed by atoms with van der Waals surface area (Å²) >= 11 is 0. The molecule has 0 spiro atoms. The van der Waals surface area contributed by atoms with E-state index < -0.39 is 12.1 Å². The fraction of sp³-hybridized carbons (Fsp3) is 0.476. The monoisotopic (exact) mass is 384 g/mol. The van der Waals surface area contributed by atoms with Gasteiger partial charge < -0.3 is 20.1 Å². The number of aliphatic hydroxyl groups is 1. The predicted molar refractivity (Wildman–Crippen MR) is 110 cm³/mol. The number of hydrogen-bond donors (Lipinski definition) is 2. The van der Waals surface area contributed by atoms with Crippen molar-refractivity contribution in [3.63, 3.8) is 0 Å². The average Bonchev–Trinajstić information content (AvgIpc) is 2.93. The first kappa shape index (κ1) is 20.1. The van der Waals surface area contributed by atoms with Crippen LogP contribution in [0.1, 0.15) is 57.7 Å². The highest BCUT2D eigenvalue weighted by Gasteiger charge is 2.26. The Morgan fingerprint density at radius 2 is 1.93 bits per heavy atom. The van der Waals surface area contributed by atoms with Crippen LogP contribution < -0.4 is 5.73 Å². The molecule has 0 radical (unpaired) electrons. The van der Waals surface area contributed by atoms with Crippen LogP contribution in [-0.2, 0) is 16.7 Å². The van der Waals surface area contributed by atoms with Crippen LogP contribution in [-0.4, -0.2) is 37.8 Å². The van der Waals surface area contributed by atoms with Crippen LogP contribution in [0, 0.1) is 0 Å². The Bertz CT molecular complexity index is 1050. The second-order valence-electron chi connectivity index (χ2n) is 8.53. The van der Waals surface area contributed by atoms with Crippen LogP contribution in [0.3, 0.4) is 0 Å². The number of esters is 1. The van der Waals surface area contributed by atoms with E-state index in [1.165, 1.54) is 0 Å². The quantitative estimate of drug-likeness (QED) is 0.668. The highest BCUT2D eigenvalue weighted by atomic mass is 16.5. The summed E-state index contributed by atoms with van der Waals surface area (Å²) in [6, 6.07) is 5.25. The first-order chi connectivity index (χ1) is 13.0. The van der Waals surface area contributed by atoms with Gasteiger partial charge in [-0.1, -0.05) is 20.8 Å². The van der Waals surface area contributed by atoms with Crippen LogP contribution in [0.15, 0.2) is 18.2 Å². The number of fused-ring (bicyclic) bond motifs is 3. The van der Waals surface area contributed by atoms with E-state index >= 15 is 0 Å². The number of ether oxygens (including phenoxy) is 1. The maximum absolute atomic E-state index is 12.3. The number of nitrogens with two attached hydrogens (primary N) is 1. The van der Waals surface area contributed by atoms with Gasteiger partial charge in [0.15, 0.2) is 5.82 Å². The number of rotatable bonds is 4. The van der Waals surface area contributed by atoms with Crippen LogP contribution in [0.4, 0.5) is 5.82 Å². The Morgan fingerprint density at radius 3 is 2.50 bits per heavy atom. The van der Waals surface area contributed by atoms with Crippen molar-refractivity contribution in [2.45, 2.75) is 65.7 Å². The van der Waals surface area contributed by atoms with Gasteiger partial charge in [-0.05, 0) is 39.0 Å². The number of aromatic nitrogens is 3. The highest BCUT2D eigenvalue weighted by molar-refractivity contribution is 6.08. The fourth-order valence-corrected chi connectivity index (χ4v) is 3.34. The number of carbonyl (C=O) groups is 1. The topological polar surface area (TPSA) is 103 Å². The number of hydrogen-bond acceptors (Lipinski definition) is 6. The van der Waals surface area contributed by atoms with Crippen molar-refractivity contribution in [3.8, 4) is 0 Å². The third kappa shape index (κ3) is 3.67. The number of nitrogen functional groups attached to an aromatic ring is 1. The first-order valence-electron chi connectivity index (χ1n) is 9.48. The third-order valence-corrected chi connectivity index (χ3v) is 4.40. The molecule has 3 aromatic rings. The molecule has 1 aromatic carbocycles. The van der Waals surface area contributed by atoms with E-state index in [1.807, 2.05) is 10.6 Å². The SMILES string of the molecule is CC(O)Cn1c(C(C)(C)C)nc2c(N)nc3cc(C(=O)OC(C)C)ccc3c21. The van der Waals surface area contributed by atoms with E-state index in [-0.39, 0.29) is 11.5 Å². The second-order valence-corrected chi connectivity index (χ2v) is 8.53. The van der Waals surface area contributed by atoms with Gasteiger partial charge in [-0.2, -0.15) is 0 Å². The molecule has 0 aliphatic rings. The standard InChI is InChI=1S/C21H28N4O3/c1-11(2)28-19(27)13-7-8-14-15(9-13)23-18(22)16-17(14)25(10-12(3)26)20(24-16)21(4,5)6/h7-9,11-12,26H,10H2,1-6H3,(H2,22,23). The number of pyridine rings is 1. The Kier molecular flexibility index (Phi) is 5.06. The van der Waals surface area contributed by atoms with E-state index in [9.17, 15) is 9.90 Å². The van der Waals surface area contributed by atoms with Crippen molar-refractivity contribution < 1.29 is 14.6 Å². The van der Waals surface area contributed by atoms with Gasteiger partial charge in [0.05, 0.1) is 35.3 Å². The van der Waals surface area contributed by atoms with E-state index in [2.05, 4.69) is 25.8 Å². The normalized spacial score (nSPS) is 13.4. The molecule has 0 bridgehead atoms. The number of aliphatic hydroxyl groups excluding tert-OH is 1. The molecule has 0 amide bonds. The van der Waals surface area contributed by atoms with Gasteiger partial charge in [0.1, 0.15) is 11.3 Å². The Labute approximate surface area is 164 Å². The van der Waals surface area contributed by atoms with Gasteiger partial charge in [0.2, 0.25) is 0 Å². The molecule has 0 aliphatic heterocycles. The maximum atomic E-state index is 12.3. The van der Waals surface area contributed by atoms with E-state index in [1.54, 1.807) is 32.9 Å². The zero-order valence-corrected chi connectivity index (χ0v) is 17.3. The molecule has 7 heteroatoms. The summed E-state index contributed by atoms with van der Waals surface area (Å²) in [5.74, 6) is 0.727. The maximum Gasteiger partial charge on any atom is 0.338 e. The molecule has 2 heterocycles. The number of nitrogens with zero attached hydrogens (tertiary/aromatic N) is 3. The number of carbonyl (C=O) groups excluding carboxylic acids is 1. The molecular weight excluding hydrogens is 356 g/mol. The van der Waals surface area contributed by atoms with Crippen molar-refractivity contribution in [2.24, 2.45) is 0 Å². The molecule has 3 N–H and O–H groups in total. The lowest BCUT2D eigenvalue weighted by molar-refractivity contribution is 0.0378. The zero-order chi connectivity index (χ0) is 20.8. The lowest BCUT2D eigenvalue weighted by Gasteiger charge is -2.21. The number of anilines is 1. The minimum atomic E-state index is -0.553. The predicted octanol–water partition coefficient (Wildman–Crippen LogP) is 3.41. The Morgan fingerprint density at radius 1 is 1.25 bits per heavy atom. The van der Waals surface area contributed by atoms with Gasteiger partial charge >= 0.3 is 5.97 Å². The third-order valence-electron chi connectivity index (χ3n) is 4.40. The van der Waals surface area contributed by atoms with Gasteiger partial charge in [0, 0.05) is 10.8 Å².